The molecule has 7 heteroatoms. The number of carbonyl (C=O) groups excluding carboxylic acids is 1. The van der Waals surface area contributed by atoms with E-state index in [1.165, 1.54) is 6.21 Å². The maximum atomic E-state index is 12.8. The zero-order valence-electron chi connectivity index (χ0n) is 15.1. The summed E-state index contributed by atoms with van der Waals surface area (Å²) in [4.78, 5) is 21.8. The van der Waals surface area contributed by atoms with Crippen molar-refractivity contribution in [3.05, 3.63) is 88.5 Å². The van der Waals surface area contributed by atoms with Gasteiger partial charge in [0.1, 0.15) is 5.75 Å². The number of para-hydroxylation sites is 1. The molecule has 2 N–H and O–H groups in total. The van der Waals surface area contributed by atoms with E-state index in [1.807, 2.05) is 42.5 Å². The lowest BCUT2D eigenvalue weighted by Gasteiger charge is -2.08. The Bertz CT molecular complexity index is 1230. The Labute approximate surface area is 175 Å². The van der Waals surface area contributed by atoms with Crippen molar-refractivity contribution < 1.29 is 9.90 Å². The van der Waals surface area contributed by atoms with Gasteiger partial charge in [-0.1, -0.05) is 40.2 Å². The summed E-state index contributed by atoms with van der Waals surface area (Å²) in [5.41, 5.74) is 5.40. The molecule has 0 saturated carbocycles. The van der Waals surface area contributed by atoms with E-state index in [9.17, 15) is 9.90 Å². The summed E-state index contributed by atoms with van der Waals surface area (Å²) < 4.78 is 0.795. The Kier molecular flexibility index (Phi) is 5.31. The maximum Gasteiger partial charge on any atom is 0.272 e. The molecule has 0 saturated heterocycles. The van der Waals surface area contributed by atoms with Gasteiger partial charge in [0.2, 0.25) is 0 Å². The van der Waals surface area contributed by atoms with Crippen LogP contribution in [0.4, 0.5) is 0 Å². The van der Waals surface area contributed by atoms with Crippen molar-refractivity contribution in [2.45, 2.75) is 0 Å². The molecule has 0 atom stereocenters. The molecule has 1 amide bonds. The number of nitrogens with one attached hydrogen (secondary N) is 1. The number of hydrazone groups is 1. The molecule has 2 heterocycles. The van der Waals surface area contributed by atoms with Gasteiger partial charge in [0.05, 0.1) is 28.7 Å². The number of aromatic hydroxyl groups is 1. The molecule has 0 aliphatic carbocycles. The van der Waals surface area contributed by atoms with E-state index >= 15 is 0 Å². The zero-order valence-corrected chi connectivity index (χ0v) is 16.7. The molecule has 29 heavy (non-hydrogen) atoms. The van der Waals surface area contributed by atoms with Gasteiger partial charge in [-0.3, -0.25) is 9.78 Å². The Morgan fingerprint density at radius 1 is 1.03 bits per heavy atom. The highest BCUT2D eigenvalue weighted by molar-refractivity contribution is 9.10. The average Bonchev–Trinajstić information content (AvgIpc) is 2.76. The van der Waals surface area contributed by atoms with Gasteiger partial charge in [0.25, 0.3) is 5.91 Å². The summed E-state index contributed by atoms with van der Waals surface area (Å²) in [6, 6.07) is 19.6. The van der Waals surface area contributed by atoms with Crippen LogP contribution in [-0.4, -0.2) is 27.2 Å². The Balaban J connectivity index is 1.68. The molecule has 4 rings (SSSR count). The number of amides is 1. The molecule has 142 valence electrons. The third-order valence-electron chi connectivity index (χ3n) is 4.25. The fourth-order valence-corrected chi connectivity index (χ4v) is 3.24. The second kappa shape index (κ2) is 8.20. The number of rotatable bonds is 4. The largest absolute Gasteiger partial charge is 0.507 e. The third kappa shape index (κ3) is 4.14. The third-order valence-corrected chi connectivity index (χ3v) is 4.74. The highest BCUT2D eigenvalue weighted by Gasteiger charge is 2.14. The Morgan fingerprint density at radius 3 is 2.69 bits per heavy atom. The van der Waals surface area contributed by atoms with Gasteiger partial charge in [0.15, 0.2) is 0 Å². The van der Waals surface area contributed by atoms with Crippen LogP contribution in [0, 0.1) is 0 Å². The summed E-state index contributed by atoms with van der Waals surface area (Å²) in [6.07, 6.45) is 3.07. The number of phenols is 1. The van der Waals surface area contributed by atoms with Gasteiger partial charge in [-0.15, -0.1) is 0 Å². The van der Waals surface area contributed by atoms with Crippen molar-refractivity contribution in [2.24, 2.45) is 5.10 Å². The predicted molar refractivity (Wildman–Crippen MR) is 116 cm³/mol. The van der Waals surface area contributed by atoms with Crippen molar-refractivity contribution in [2.75, 3.05) is 0 Å². The normalized spacial score (nSPS) is 11.1. The topological polar surface area (TPSA) is 87.5 Å². The Hall–Kier alpha value is -3.58. The van der Waals surface area contributed by atoms with Gasteiger partial charge >= 0.3 is 0 Å². The fraction of sp³-hybridized carbons (Fsp3) is 0. The van der Waals surface area contributed by atoms with Gasteiger partial charge < -0.3 is 5.11 Å². The van der Waals surface area contributed by atoms with Crippen LogP contribution < -0.4 is 5.43 Å². The second-order valence-corrected chi connectivity index (χ2v) is 7.11. The van der Waals surface area contributed by atoms with Crippen molar-refractivity contribution in [3.8, 4) is 17.1 Å². The minimum absolute atomic E-state index is 0.0676. The van der Waals surface area contributed by atoms with E-state index in [2.05, 4.69) is 36.4 Å². The zero-order chi connectivity index (χ0) is 20.2. The smallest absolute Gasteiger partial charge is 0.272 e. The van der Waals surface area contributed by atoms with Crippen molar-refractivity contribution in [1.29, 1.82) is 0 Å². The Morgan fingerprint density at radius 2 is 1.86 bits per heavy atom. The highest BCUT2D eigenvalue weighted by Crippen LogP contribution is 2.24. The van der Waals surface area contributed by atoms with Crippen LogP contribution in [0.25, 0.3) is 22.3 Å². The lowest BCUT2D eigenvalue weighted by atomic mass is 10.1. The number of benzene rings is 2. The van der Waals surface area contributed by atoms with Crippen LogP contribution in [0.2, 0.25) is 0 Å². The fourth-order valence-electron chi connectivity index (χ4n) is 2.86. The summed E-state index contributed by atoms with van der Waals surface area (Å²) in [5, 5.41) is 14.6. The predicted octanol–water partition coefficient (Wildman–Crippen LogP) is 4.53. The van der Waals surface area contributed by atoms with Crippen LogP contribution in [-0.2, 0) is 0 Å². The van der Waals surface area contributed by atoms with E-state index in [0.717, 1.165) is 4.47 Å². The van der Waals surface area contributed by atoms with Gasteiger partial charge in [-0.2, -0.15) is 5.10 Å². The van der Waals surface area contributed by atoms with E-state index in [0.29, 0.717) is 33.4 Å². The van der Waals surface area contributed by atoms with E-state index in [-0.39, 0.29) is 11.7 Å². The van der Waals surface area contributed by atoms with Crippen molar-refractivity contribution >= 4 is 39.0 Å². The average molecular weight is 447 g/mol. The van der Waals surface area contributed by atoms with Gasteiger partial charge in [0, 0.05) is 21.6 Å². The number of pyridine rings is 2. The molecular formula is C22H15BrN4O2. The quantitative estimate of drug-likeness (QED) is 0.356. The molecule has 0 spiro atoms. The summed E-state index contributed by atoms with van der Waals surface area (Å²) in [5.74, 6) is -0.315. The minimum atomic E-state index is -0.383. The summed E-state index contributed by atoms with van der Waals surface area (Å²) in [7, 11) is 0. The maximum absolute atomic E-state index is 12.8. The molecular weight excluding hydrogens is 432 g/mol. The summed E-state index contributed by atoms with van der Waals surface area (Å²) in [6.45, 7) is 0. The number of hydrogen-bond acceptors (Lipinski definition) is 5. The molecule has 0 fully saturated rings. The molecule has 4 aromatic rings. The first-order valence-electron chi connectivity index (χ1n) is 8.75. The molecule has 0 aliphatic rings. The second-order valence-electron chi connectivity index (χ2n) is 6.19. The highest BCUT2D eigenvalue weighted by atomic mass is 79.9. The van der Waals surface area contributed by atoms with Crippen LogP contribution in [0.15, 0.2) is 82.5 Å². The monoisotopic (exact) mass is 446 g/mol. The molecule has 2 aromatic carbocycles. The van der Waals surface area contributed by atoms with Crippen LogP contribution in [0.1, 0.15) is 15.9 Å². The van der Waals surface area contributed by atoms with E-state index in [1.54, 1.807) is 30.5 Å². The van der Waals surface area contributed by atoms with Crippen molar-refractivity contribution in [3.63, 3.8) is 0 Å². The van der Waals surface area contributed by atoms with Crippen LogP contribution in [0.5, 0.6) is 5.75 Å². The number of carbonyl (C=O) groups is 1. The molecule has 0 unspecified atom stereocenters. The van der Waals surface area contributed by atoms with Crippen LogP contribution in [0.3, 0.4) is 0 Å². The lowest BCUT2D eigenvalue weighted by molar-refractivity contribution is 0.0956. The molecule has 2 aromatic heterocycles. The number of hydrogen-bond donors (Lipinski definition) is 2. The SMILES string of the molecule is O=C(NN=Cc1cc(Br)ccc1O)c1cc(-c2ccccn2)nc2ccccc12. The van der Waals surface area contributed by atoms with Crippen molar-refractivity contribution in [1.82, 2.24) is 15.4 Å². The number of halogens is 1. The molecule has 6 nitrogen and oxygen atoms in total. The van der Waals surface area contributed by atoms with Gasteiger partial charge in [-0.05, 0) is 42.5 Å². The summed E-state index contributed by atoms with van der Waals surface area (Å²) >= 11 is 3.34. The first kappa shape index (κ1) is 18.8. The van der Waals surface area contributed by atoms with Gasteiger partial charge in [-0.25, -0.2) is 10.4 Å². The lowest BCUT2D eigenvalue weighted by Crippen LogP contribution is -2.18. The number of nitrogens with zero attached hydrogens (tertiary/aromatic N) is 3. The number of phenolic OH excluding ortho intramolecular Hbond substituents is 1. The molecule has 0 aliphatic heterocycles. The van der Waals surface area contributed by atoms with E-state index < -0.39 is 0 Å². The standard InChI is InChI=1S/C22H15BrN4O2/c23-15-8-9-21(28)14(11-15)13-25-27-22(29)17-12-20(19-7-3-4-10-24-19)26-18-6-2-1-5-16(17)18/h1-13,28H,(H,27,29). The number of fused-ring (bicyclic) bond motifs is 1. The first-order chi connectivity index (χ1) is 14.1. The van der Waals surface area contributed by atoms with E-state index in [4.69, 9.17) is 0 Å². The molecule has 0 radical (unpaired) electrons. The van der Waals surface area contributed by atoms with Crippen LogP contribution >= 0.6 is 15.9 Å². The first-order valence-corrected chi connectivity index (χ1v) is 9.54. The molecule has 0 bridgehead atoms. The number of aromatic nitrogens is 2. The minimum Gasteiger partial charge on any atom is -0.507 e.